The first-order valence-corrected chi connectivity index (χ1v) is 7.16. The molecule has 1 heterocycles. The minimum atomic E-state index is -0.839. The number of carbonyl (C=O) groups is 3. The van der Waals surface area contributed by atoms with Gasteiger partial charge in [0.1, 0.15) is 0 Å². The van der Waals surface area contributed by atoms with Crippen LogP contribution in [0.1, 0.15) is 17.3 Å². The molecule has 1 aliphatic heterocycles. The summed E-state index contributed by atoms with van der Waals surface area (Å²) in [6.07, 6.45) is 0. The van der Waals surface area contributed by atoms with Gasteiger partial charge in [0.25, 0.3) is 0 Å². The Balaban J connectivity index is 1.66. The fourth-order valence-corrected chi connectivity index (χ4v) is 2.17. The molecule has 0 saturated carbocycles. The number of ether oxygens (including phenoxy) is 2. The lowest BCUT2D eigenvalue weighted by atomic mass is 10.1. The molecule has 0 saturated heterocycles. The SMILES string of the molecule is CC(=O)c1cccc(NC(=O)C(=O)Nc2ccc3c(c2)OCO3)c1. The van der Waals surface area contributed by atoms with Crippen molar-refractivity contribution >= 4 is 29.0 Å². The molecule has 0 unspecified atom stereocenters. The van der Waals surface area contributed by atoms with E-state index < -0.39 is 11.8 Å². The molecule has 7 heteroatoms. The zero-order chi connectivity index (χ0) is 17.1. The molecule has 0 bridgehead atoms. The van der Waals surface area contributed by atoms with Gasteiger partial charge < -0.3 is 20.1 Å². The summed E-state index contributed by atoms with van der Waals surface area (Å²) in [5.41, 5.74) is 1.23. The molecule has 0 aliphatic carbocycles. The minimum Gasteiger partial charge on any atom is -0.454 e. The van der Waals surface area contributed by atoms with Crippen LogP contribution < -0.4 is 20.1 Å². The topological polar surface area (TPSA) is 93.7 Å². The highest BCUT2D eigenvalue weighted by Crippen LogP contribution is 2.34. The monoisotopic (exact) mass is 326 g/mol. The molecule has 0 atom stereocenters. The van der Waals surface area contributed by atoms with Crippen LogP contribution in [-0.2, 0) is 9.59 Å². The van der Waals surface area contributed by atoms with Crippen LogP contribution >= 0.6 is 0 Å². The maximum Gasteiger partial charge on any atom is 0.314 e. The number of anilines is 2. The quantitative estimate of drug-likeness (QED) is 0.666. The number of hydrogen-bond acceptors (Lipinski definition) is 5. The van der Waals surface area contributed by atoms with Gasteiger partial charge in [0.15, 0.2) is 17.3 Å². The summed E-state index contributed by atoms with van der Waals surface area (Å²) in [4.78, 5) is 35.3. The highest BCUT2D eigenvalue weighted by Gasteiger charge is 2.17. The molecule has 2 aromatic rings. The number of rotatable bonds is 3. The molecule has 0 spiro atoms. The van der Waals surface area contributed by atoms with Crippen molar-refractivity contribution in [3.05, 3.63) is 48.0 Å². The summed E-state index contributed by atoms with van der Waals surface area (Å²) in [7, 11) is 0. The van der Waals surface area contributed by atoms with Gasteiger partial charge in [-0.25, -0.2) is 0 Å². The van der Waals surface area contributed by atoms with E-state index in [1.54, 1.807) is 36.4 Å². The summed E-state index contributed by atoms with van der Waals surface area (Å²) in [5, 5.41) is 4.93. The van der Waals surface area contributed by atoms with Gasteiger partial charge >= 0.3 is 11.8 Å². The Bertz CT molecular complexity index is 831. The number of nitrogens with one attached hydrogen (secondary N) is 2. The first-order chi connectivity index (χ1) is 11.5. The van der Waals surface area contributed by atoms with E-state index in [4.69, 9.17) is 9.47 Å². The van der Waals surface area contributed by atoms with Gasteiger partial charge in [0.2, 0.25) is 6.79 Å². The summed E-state index contributed by atoms with van der Waals surface area (Å²) >= 11 is 0. The van der Waals surface area contributed by atoms with E-state index in [0.29, 0.717) is 28.4 Å². The Morgan fingerprint density at radius 3 is 2.25 bits per heavy atom. The van der Waals surface area contributed by atoms with Gasteiger partial charge in [-0.2, -0.15) is 0 Å². The molecule has 7 nitrogen and oxygen atoms in total. The number of amides is 2. The fraction of sp³-hybridized carbons (Fsp3) is 0.118. The lowest BCUT2D eigenvalue weighted by Crippen LogP contribution is -2.29. The molecular weight excluding hydrogens is 312 g/mol. The molecule has 2 N–H and O–H groups in total. The molecule has 0 radical (unpaired) electrons. The summed E-state index contributed by atoms with van der Waals surface area (Å²) < 4.78 is 10.4. The summed E-state index contributed by atoms with van der Waals surface area (Å²) in [6.45, 7) is 1.55. The number of carbonyl (C=O) groups excluding carboxylic acids is 3. The number of hydrogen-bond donors (Lipinski definition) is 2. The van der Waals surface area contributed by atoms with E-state index in [9.17, 15) is 14.4 Å². The predicted octanol–water partition coefficient (Wildman–Crippen LogP) is 2.20. The highest BCUT2D eigenvalue weighted by atomic mass is 16.7. The van der Waals surface area contributed by atoms with Crippen molar-refractivity contribution < 1.29 is 23.9 Å². The lowest BCUT2D eigenvalue weighted by Gasteiger charge is -2.08. The van der Waals surface area contributed by atoms with Crippen LogP contribution in [0.25, 0.3) is 0 Å². The molecule has 122 valence electrons. The van der Waals surface area contributed by atoms with Crippen LogP contribution in [-0.4, -0.2) is 24.4 Å². The van der Waals surface area contributed by atoms with Crippen LogP contribution in [0, 0.1) is 0 Å². The third kappa shape index (κ3) is 3.35. The van der Waals surface area contributed by atoms with E-state index in [1.807, 2.05) is 0 Å². The standard InChI is InChI=1S/C17H14N2O5/c1-10(20)11-3-2-4-12(7-11)18-16(21)17(22)19-13-5-6-14-15(8-13)24-9-23-14/h2-8H,9H2,1H3,(H,18,21)(H,19,22). The van der Waals surface area contributed by atoms with Gasteiger partial charge in [-0.3, -0.25) is 14.4 Å². The number of ketones is 1. The molecular formula is C17H14N2O5. The van der Waals surface area contributed by atoms with E-state index in [-0.39, 0.29) is 12.6 Å². The van der Waals surface area contributed by atoms with Crippen molar-refractivity contribution in [3.63, 3.8) is 0 Å². The minimum absolute atomic E-state index is 0.125. The van der Waals surface area contributed by atoms with E-state index in [1.165, 1.54) is 13.0 Å². The fourth-order valence-electron chi connectivity index (χ4n) is 2.17. The van der Waals surface area contributed by atoms with Gasteiger partial charge in [0.05, 0.1) is 0 Å². The zero-order valence-electron chi connectivity index (χ0n) is 12.8. The third-order valence-corrected chi connectivity index (χ3v) is 3.36. The normalized spacial score (nSPS) is 11.7. The average Bonchev–Trinajstić information content (AvgIpc) is 3.02. The Hall–Kier alpha value is -3.35. The highest BCUT2D eigenvalue weighted by molar-refractivity contribution is 6.43. The van der Waals surface area contributed by atoms with Gasteiger partial charge in [-0.1, -0.05) is 12.1 Å². The lowest BCUT2D eigenvalue weighted by molar-refractivity contribution is -0.132. The van der Waals surface area contributed by atoms with Crippen LogP contribution in [0.3, 0.4) is 0 Å². The zero-order valence-corrected chi connectivity index (χ0v) is 12.8. The predicted molar refractivity (Wildman–Crippen MR) is 86.3 cm³/mol. The largest absolute Gasteiger partial charge is 0.454 e. The second-order valence-electron chi connectivity index (χ2n) is 5.11. The first kappa shape index (κ1) is 15.5. The van der Waals surface area contributed by atoms with Crippen molar-refractivity contribution in [3.8, 4) is 11.5 Å². The average molecular weight is 326 g/mol. The molecule has 1 aliphatic rings. The van der Waals surface area contributed by atoms with Crippen molar-refractivity contribution in [1.82, 2.24) is 0 Å². The third-order valence-electron chi connectivity index (χ3n) is 3.36. The molecule has 24 heavy (non-hydrogen) atoms. The number of Topliss-reactive ketones (excluding diaryl/α,β-unsaturated/α-hetero) is 1. The molecule has 2 aromatic carbocycles. The van der Waals surface area contributed by atoms with E-state index >= 15 is 0 Å². The van der Waals surface area contributed by atoms with Crippen LogP contribution in [0.15, 0.2) is 42.5 Å². The maximum atomic E-state index is 12.0. The van der Waals surface area contributed by atoms with Crippen LogP contribution in [0.5, 0.6) is 11.5 Å². The Morgan fingerprint density at radius 1 is 0.875 bits per heavy atom. The molecule has 3 rings (SSSR count). The van der Waals surface area contributed by atoms with Crippen molar-refractivity contribution in [2.75, 3.05) is 17.4 Å². The van der Waals surface area contributed by atoms with Crippen molar-refractivity contribution in [2.45, 2.75) is 6.92 Å². The summed E-state index contributed by atoms with van der Waals surface area (Å²) in [6, 6.07) is 11.2. The number of benzene rings is 2. The Labute approximate surface area is 137 Å². The van der Waals surface area contributed by atoms with Gasteiger partial charge in [0, 0.05) is 23.0 Å². The smallest absolute Gasteiger partial charge is 0.314 e. The number of fused-ring (bicyclic) bond motifs is 1. The van der Waals surface area contributed by atoms with Crippen molar-refractivity contribution in [2.24, 2.45) is 0 Å². The molecule has 0 fully saturated rings. The van der Waals surface area contributed by atoms with Crippen LogP contribution in [0.2, 0.25) is 0 Å². The van der Waals surface area contributed by atoms with Gasteiger partial charge in [-0.05, 0) is 31.2 Å². The Kier molecular flexibility index (Phi) is 4.15. The molecule has 2 amide bonds. The summed E-state index contributed by atoms with van der Waals surface area (Å²) in [5.74, 6) is -0.716. The van der Waals surface area contributed by atoms with Crippen LogP contribution in [0.4, 0.5) is 11.4 Å². The maximum absolute atomic E-state index is 12.0. The van der Waals surface area contributed by atoms with Crippen molar-refractivity contribution in [1.29, 1.82) is 0 Å². The second kappa shape index (κ2) is 6.41. The van der Waals surface area contributed by atoms with E-state index in [0.717, 1.165) is 0 Å². The first-order valence-electron chi connectivity index (χ1n) is 7.16. The molecule has 0 aromatic heterocycles. The van der Waals surface area contributed by atoms with Gasteiger partial charge in [-0.15, -0.1) is 0 Å². The van der Waals surface area contributed by atoms with E-state index in [2.05, 4.69) is 10.6 Å². The Morgan fingerprint density at radius 2 is 1.54 bits per heavy atom. The second-order valence-corrected chi connectivity index (χ2v) is 5.11.